The Morgan fingerprint density at radius 2 is 1.82 bits per heavy atom. The van der Waals surface area contributed by atoms with Gasteiger partial charge in [0.15, 0.2) is 6.61 Å². The number of ether oxygens (including phenoxy) is 1. The van der Waals surface area contributed by atoms with Crippen LogP contribution in [0.2, 0.25) is 5.02 Å². The van der Waals surface area contributed by atoms with Gasteiger partial charge in [-0.25, -0.2) is 9.78 Å². The molecule has 144 valence electrons. The molecule has 0 bridgehead atoms. The van der Waals surface area contributed by atoms with Crippen LogP contribution in [0.3, 0.4) is 0 Å². The molecule has 3 aromatic rings. The van der Waals surface area contributed by atoms with Gasteiger partial charge in [0.05, 0.1) is 5.69 Å². The lowest BCUT2D eigenvalue weighted by molar-refractivity contribution is -0.119. The number of carbonyl (C=O) groups excluding carboxylic acids is 2. The van der Waals surface area contributed by atoms with Crippen LogP contribution >= 0.6 is 22.9 Å². The summed E-state index contributed by atoms with van der Waals surface area (Å²) in [6, 6.07) is 13.0. The van der Waals surface area contributed by atoms with Crippen molar-refractivity contribution in [3.8, 4) is 10.6 Å². The number of thiazole rings is 1. The Hall–Kier alpha value is -2.70. The number of hydrogen-bond acceptors (Lipinski definition) is 5. The van der Waals surface area contributed by atoms with E-state index in [-0.39, 0.29) is 12.5 Å². The Bertz CT molecular complexity index is 1030. The summed E-state index contributed by atoms with van der Waals surface area (Å²) in [6.45, 7) is 5.22. The number of aromatic nitrogens is 1. The average Bonchev–Trinajstić information content (AvgIpc) is 3.05. The van der Waals surface area contributed by atoms with E-state index in [0.717, 1.165) is 16.7 Å². The van der Waals surface area contributed by atoms with Crippen LogP contribution in [0.4, 0.5) is 5.69 Å². The molecule has 0 saturated heterocycles. The number of benzene rings is 2. The fraction of sp³-hybridized carbons (Fsp3) is 0.190. The molecule has 1 heterocycles. The third kappa shape index (κ3) is 4.77. The van der Waals surface area contributed by atoms with E-state index in [0.29, 0.717) is 26.3 Å². The first-order chi connectivity index (χ1) is 13.3. The molecule has 0 aliphatic heterocycles. The summed E-state index contributed by atoms with van der Waals surface area (Å²) >= 11 is 7.13. The van der Waals surface area contributed by atoms with E-state index in [1.165, 1.54) is 11.3 Å². The number of rotatable bonds is 5. The molecule has 1 amide bonds. The molecule has 28 heavy (non-hydrogen) atoms. The summed E-state index contributed by atoms with van der Waals surface area (Å²) in [6.07, 6.45) is 0. The number of hydrogen-bond donors (Lipinski definition) is 1. The van der Waals surface area contributed by atoms with Crippen molar-refractivity contribution in [3.05, 3.63) is 69.2 Å². The molecule has 5 nitrogen and oxygen atoms in total. The molecule has 0 atom stereocenters. The topological polar surface area (TPSA) is 68.3 Å². The zero-order valence-electron chi connectivity index (χ0n) is 15.7. The maximum atomic E-state index is 12.4. The number of anilines is 1. The van der Waals surface area contributed by atoms with Gasteiger partial charge in [0.25, 0.3) is 5.91 Å². The molecule has 1 aromatic heterocycles. The Kier molecular flexibility index (Phi) is 6.11. The Balaban J connectivity index is 1.64. The molecule has 1 N–H and O–H groups in total. The van der Waals surface area contributed by atoms with Crippen molar-refractivity contribution in [1.29, 1.82) is 0 Å². The van der Waals surface area contributed by atoms with Gasteiger partial charge in [-0.3, -0.25) is 4.79 Å². The van der Waals surface area contributed by atoms with Gasteiger partial charge in [-0.1, -0.05) is 35.9 Å². The molecule has 0 unspecified atom stereocenters. The zero-order valence-corrected chi connectivity index (χ0v) is 17.3. The Morgan fingerprint density at radius 1 is 1.11 bits per heavy atom. The summed E-state index contributed by atoms with van der Waals surface area (Å²) in [7, 11) is 0. The van der Waals surface area contributed by atoms with Gasteiger partial charge in [0.1, 0.15) is 9.88 Å². The van der Waals surface area contributed by atoms with Crippen LogP contribution in [0.1, 0.15) is 26.5 Å². The van der Waals surface area contributed by atoms with Crippen LogP contribution in [-0.2, 0) is 9.53 Å². The number of amides is 1. The third-order valence-corrected chi connectivity index (χ3v) is 5.51. The second-order valence-corrected chi connectivity index (χ2v) is 7.82. The van der Waals surface area contributed by atoms with Gasteiger partial charge in [-0.2, -0.15) is 0 Å². The standard InChI is InChI=1S/C21H19ClN2O3S/c1-12-4-5-13(2)17(10-12)24-18(25)11-27-21(26)19-14(3)23-20(28-19)15-6-8-16(22)9-7-15/h4-10H,11H2,1-3H3,(H,24,25). The smallest absolute Gasteiger partial charge is 0.350 e. The Labute approximate surface area is 172 Å². The van der Waals surface area contributed by atoms with E-state index in [4.69, 9.17) is 16.3 Å². The summed E-state index contributed by atoms with van der Waals surface area (Å²) < 4.78 is 5.18. The normalized spacial score (nSPS) is 10.6. The van der Waals surface area contributed by atoms with Crippen LogP contribution in [0, 0.1) is 20.8 Å². The number of carbonyl (C=O) groups is 2. The molecule has 0 radical (unpaired) electrons. The van der Waals surface area contributed by atoms with Crippen LogP contribution in [0.15, 0.2) is 42.5 Å². The lowest BCUT2D eigenvalue weighted by Crippen LogP contribution is -2.21. The SMILES string of the molecule is Cc1ccc(C)c(NC(=O)COC(=O)c2sc(-c3ccc(Cl)cc3)nc2C)c1. The maximum Gasteiger partial charge on any atom is 0.350 e. The van der Waals surface area contributed by atoms with E-state index in [1.54, 1.807) is 19.1 Å². The van der Waals surface area contributed by atoms with Crippen molar-refractivity contribution in [2.45, 2.75) is 20.8 Å². The minimum Gasteiger partial charge on any atom is -0.451 e. The van der Waals surface area contributed by atoms with Crippen molar-refractivity contribution in [3.63, 3.8) is 0 Å². The van der Waals surface area contributed by atoms with Crippen molar-refractivity contribution >= 4 is 40.5 Å². The van der Waals surface area contributed by atoms with E-state index < -0.39 is 5.97 Å². The van der Waals surface area contributed by atoms with Crippen LogP contribution in [0.5, 0.6) is 0 Å². The molecular weight excluding hydrogens is 396 g/mol. The van der Waals surface area contributed by atoms with Crippen molar-refractivity contribution in [2.24, 2.45) is 0 Å². The van der Waals surface area contributed by atoms with E-state index >= 15 is 0 Å². The first-order valence-electron chi connectivity index (χ1n) is 8.61. The number of nitrogens with one attached hydrogen (secondary N) is 1. The number of nitrogens with zero attached hydrogens (tertiary/aromatic N) is 1. The molecule has 0 fully saturated rings. The molecule has 0 aliphatic rings. The third-order valence-electron chi connectivity index (χ3n) is 4.07. The highest BCUT2D eigenvalue weighted by atomic mass is 35.5. The highest BCUT2D eigenvalue weighted by molar-refractivity contribution is 7.17. The van der Waals surface area contributed by atoms with Gasteiger partial charge >= 0.3 is 5.97 Å². The predicted molar refractivity (Wildman–Crippen MR) is 112 cm³/mol. The van der Waals surface area contributed by atoms with E-state index in [2.05, 4.69) is 10.3 Å². The quantitative estimate of drug-likeness (QED) is 0.584. The summed E-state index contributed by atoms with van der Waals surface area (Å²) in [5.41, 5.74) is 4.11. The van der Waals surface area contributed by atoms with Crippen molar-refractivity contribution in [2.75, 3.05) is 11.9 Å². The van der Waals surface area contributed by atoms with Gasteiger partial charge in [0, 0.05) is 16.3 Å². The van der Waals surface area contributed by atoms with Gasteiger partial charge in [0.2, 0.25) is 0 Å². The minimum atomic E-state index is -0.564. The van der Waals surface area contributed by atoms with E-state index in [9.17, 15) is 9.59 Å². The number of aryl methyl sites for hydroxylation is 3. The van der Waals surface area contributed by atoms with E-state index in [1.807, 2.05) is 44.2 Å². The van der Waals surface area contributed by atoms with Crippen LogP contribution in [-0.4, -0.2) is 23.5 Å². The highest BCUT2D eigenvalue weighted by Gasteiger charge is 2.19. The molecule has 0 spiro atoms. The fourth-order valence-electron chi connectivity index (χ4n) is 2.56. The molecule has 0 saturated carbocycles. The maximum absolute atomic E-state index is 12.4. The first-order valence-corrected chi connectivity index (χ1v) is 9.80. The number of esters is 1. The second-order valence-electron chi connectivity index (χ2n) is 6.38. The summed E-state index contributed by atoms with van der Waals surface area (Å²) in [4.78, 5) is 29.3. The van der Waals surface area contributed by atoms with Gasteiger partial charge < -0.3 is 10.1 Å². The molecule has 0 aliphatic carbocycles. The average molecular weight is 415 g/mol. The predicted octanol–water partition coefficient (Wildman–Crippen LogP) is 5.18. The van der Waals surface area contributed by atoms with Crippen molar-refractivity contribution in [1.82, 2.24) is 4.98 Å². The van der Waals surface area contributed by atoms with Gasteiger partial charge in [-0.05, 0) is 50.1 Å². The Morgan fingerprint density at radius 3 is 2.54 bits per heavy atom. The summed E-state index contributed by atoms with van der Waals surface area (Å²) in [5, 5.41) is 4.09. The lowest BCUT2D eigenvalue weighted by atomic mass is 10.1. The second kappa shape index (κ2) is 8.54. The lowest BCUT2D eigenvalue weighted by Gasteiger charge is -2.09. The van der Waals surface area contributed by atoms with Gasteiger partial charge in [-0.15, -0.1) is 11.3 Å². The fourth-order valence-corrected chi connectivity index (χ4v) is 3.65. The molecule has 3 rings (SSSR count). The molecular formula is C21H19ClN2O3S. The van der Waals surface area contributed by atoms with Crippen LogP contribution in [0.25, 0.3) is 10.6 Å². The monoisotopic (exact) mass is 414 g/mol. The zero-order chi connectivity index (χ0) is 20.3. The molecule has 7 heteroatoms. The summed E-state index contributed by atoms with van der Waals surface area (Å²) in [5.74, 6) is -0.950. The molecule has 2 aromatic carbocycles. The van der Waals surface area contributed by atoms with Crippen LogP contribution < -0.4 is 5.32 Å². The first kappa shape index (κ1) is 20.0. The largest absolute Gasteiger partial charge is 0.451 e. The highest BCUT2D eigenvalue weighted by Crippen LogP contribution is 2.29. The number of halogens is 1. The minimum absolute atomic E-state index is 0.361. The van der Waals surface area contributed by atoms with Crippen molar-refractivity contribution < 1.29 is 14.3 Å².